The molecule has 0 aliphatic carbocycles. The number of amides is 3. The Labute approximate surface area is 159 Å². The van der Waals surface area contributed by atoms with Crippen LogP contribution in [0.25, 0.3) is 0 Å². The third-order valence-electron chi connectivity index (χ3n) is 3.70. The summed E-state index contributed by atoms with van der Waals surface area (Å²) in [7, 11) is 0. The van der Waals surface area contributed by atoms with Crippen LogP contribution in [0, 0.1) is 11.6 Å². The van der Waals surface area contributed by atoms with Gasteiger partial charge in [0.05, 0.1) is 5.69 Å². The number of benzene rings is 3. The fourth-order valence-corrected chi connectivity index (χ4v) is 2.36. The Hall–Kier alpha value is -3.87. The van der Waals surface area contributed by atoms with Gasteiger partial charge in [0.25, 0.3) is 5.91 Å². The van der Waals surface area contributed by atoms with Crippen LogP contribution in [0.2, 0.25) is 0 Å². The first kappa shape index (κ1) is 18.9. The van der Waals surface area contributed by atoms with E-state index in [1.807, 2.05) is 35.6 Å². The summed E-state index contributed by atoms with van der Waals surface area (Å²) < 4.78 is 27.1. The minimum atomic E-state index is -1.17. The van der Waals surface area contributed by atoms with Crippen molar-refractivity contribution in [2.24, 2.45) is 4.99 Å². The second kappa shape index (κ2) is 8.68. The fourth-order valence-electron chi connectivity index (χ4n) is 2.36. The zero-order valence-corrected chi connectivity index (χ0v) is 14.5. The van der Waals surface area contributed by atoms with Crippen molar-refractivity contribution in [3.8, 4) is 0 Å². The van der Waals surface area contributed by atoms with E-state index in [0.29, 0.717) is 11.4 Å². The van der Waals surface area contributed by atoms with Crippen LogP contribution in [0.5, 0.6) is 0 Å². The van der Waals surface area contributed by atoms with Crippen LogP contribution in [-0.4, -0.2) is 18.2 Å². The number of imide groups is 1. The maximum absolute atomic E-state index is 13.6. The maximum Gasteiger partial charge on any atom is 0.326 e. The lowest BCUT2D eigenvalue weighted by Gasteiger charge is -2.08. The van der Waals surface area contributed by atoms with Crippen LogP contribution in [-0.2, 0) is 0 Å². The molecule has 0 heterocycles. The Balaban J connectivity index is 1.60. The quantitative estimate of drug-likeness (QED) is 0.647. The van der Waals surface area contributed by atoms with Gasteiger partial charge in [-0.3, -0.25) is 15.1 Å². The molecule has 0 atom stereocenters. The molecule has 0 spiro atoms. The highest BCUT2D eigenvalue weighted by molar-refractivity contribution is 6.08. The predicted molar refractivity (Wildman–Crippen MR) is 103 cm³/mol. The summed E-state index contributed by atoms with van der Waals surface area (Å²) in [5, 5.41) is 4.30. The zero-order chi connectivity index (χ0) is 19.9. The van der Waals surface area contributed by atoms with Gasteiger partial charge in [-0.05, 0) is 42.0 Å². The molecule has 3 aromatic rings. The van der Waals surface area contributed by atoms with Gasteiger partial charge in [-0.15, -0.1) is 0 Å². The van der Waals surface area contributed by atoms with Crippen molar-refractivity contribution in [3.05, 3.63) is 95.6 Å². The molecule has 0 aliphatic rings. The standard InChI is InChI=1S/C21H15F2N3O2/c22-17-7-4-8-18(23)19(17)20(27)26-21(28)25-16-11-9-15(10-12-16)24-13-14-5-2-1-3-6-14/h1-13H,(H2,25,26,27,28). The lowest BCUT2D eigenvalue weighted by molar-refractivity contribution is 0.0959. The number of carbonyl (C=O) groups is 2. The highest BCUT2D eigenvalue weighted by Gasteiger charge is 2.19. The Bertz CT molecular complexity index is 999. The number of hydrogen-bond donors (Lipinski definition) is 2. The van der Waals surface area contributed by atoms with E-state index < -0.39 is 29.1 Å². The second-order valence-corrected chi connectivity index (χ2v) is 5.72. The monoisotopic (exact) mass is 379 g/mol. The minimum Gasteiger partial charge on any atom is -0.308 e. The molecule has 140 valence electrons. The Morgan fingerprint density at radius 2 is 1.46 bits per heavy atom. The summed E-state index contributed by atoms with van der Waals surface area (Å²) in [4.78, 5) is 28.1. The molecule has 3 rings (SSSR count). The number of hydrogen-bond acceptors (Lipinski definition) is 3. The number of anilines is 1. The molecule has 3 aromatic carbocycles. The van der Waals surface area contributed by atoms with E-state index in [0.717, 1.165) is 23.8 Å². The predicted octanol–water partition coefficient (Wildman–Crippen LogP) is 4.68. The van der Waals surface area contributed by atoms with Gasteiger partial charge < -0.3 is 5.32 Å². The summed E-state index contributed by atoms with van der Waals surface area (Å²) in [5.41, 5.74) is 1.18. The molecule has 28 heavy (non-hydrogen) atoms. The lowest BCUT2D eigenvalue weighted by atomic mass is 10.2. The highest BCUT2D eigenvalue weighted by atomic mass is 19.1. The molecule has 5 nitrogen and oxygen atoms in total. The number of urea groups is 1. The van der Waals surface area contributed by atoms with Gasteiger partial charge >= 0.3 is 6.03 Å². The Morgan fingerprint density at radius 3 is 2.11 bits per heavy atom. The number of nitrogens with zero attached hydrogens (tertiary/aromatic N) is 1. The first-order chi connectivity index (χ1) is 13.5. The molecular weight excluding hydrogens is 364 g/mol. The number of carbonyl (C=O) groups excluding carboxylic acids is 2. The summed E-state index contributed by atoms with van der Waals surface area (Å²) in [6.45, 7) is 0. The summed E-state index contributed by atoms with van der Waals surface area (Å²) in [5.74, 6) is -3.27. The summed E-state index contributed by atoms with van der Waals surface area (Å²) in [6, 6.07) is 18.2. The number of rotatable bonds is 4. The van der Waals surface area contributed by atoms with Crippen LogP contribution < -0.4 is 10.6 Å². The van der Waals surface area contributed by atoms with E-state index in [9.17, 15) is 18.4 Å². The largest absolute Gasteiger partial charge is 0.326 e. The fraction of sp³-hybridized carbons (Fsp3) is 0. The van der Waals surface area contributed by atoms with E-state index in [-0.39, 0.29) is 0 Å². The van der Waals surface area contributed by atoms with Crippen LogP contribution in [0.4, 0.5) is 25.0 Å². The van der Waals surface area contributed by atoms with Crippen LogP contribution in [0.1, 0.15) is 15.9 Å². The topological polar surface area (TPSA) is 70.6 Å². The van der Waals surface area contributed by atoms with Crippen molar-refractivity contribution < 1.29 is 18.4 Å². The number of nitrogens with one attached hydrogen (secondary N) is 2. The van der Waals surface area contributed by atoms with Gasteiger partial charge in [0, 0.05) is 11.9 Å². The van der Waals surface area contributed by atoms with Crippen molar-refractivity contribution in [1.82, 2.24) is 5.32 Å². The van der Waals surface area contributed by atoms with Crippen molar-refractivity contribution in [2.45, 2.75) is 0 Å². The van der Waals surface area contributed by atoms with E-state index in [4.69, 9.17) is 0 Å². The van der Waals surface area contributed by atoms with Gasteiger partial charge in [-0.2, -0.15) is 0 Å². The molecule has 0 aromatic heterocycles. The Morgan fingerprint density at radius 1 is 0.821 bits per heavy atom. The summed E-state index contributed by atoms with van der Waals surface area (Å²) in [6.07, 6.45) is 1.71. The molecule has 2 N–H and O–H groups in total. The van der Waals surface area contributed by atoms with Crippen LogP contribution >= 0.6 is 0 Å². The van der Waals surface area contributed by atoms with E-state index in [1.165, 1.54) is 0 Å². The smallest absolute Gasteiger partial charge is 0.308 e. The minimum absolute atomic E-state index is 0.387. The SMILES string of the molecule is O=C(NC(=O)c1c(F)cccc1F)Nc1ccc(N=Cc2ccccc2)cc1. The van der Waals surface area contributed by atoms with Gasteiger partial charge in [0.1, 0.15) is 17.2 Å². The lowest BCUT2D eigenvalue weighted by Crippen LogP contribution is -2.35. The van der Waals surface area contributed by atoms with E-state index in [2.05, 4.69) is 10.3 Å². The average molecular weight is 379 g/mol. The molecule has 3 amide bonds. The third kappa shape index (κ3) is 4.85. The summed E-state index contributed by atoms with van der Waals surface area (Å²) >= 11 is 0. The third-order valence-corrected chi connectivity index (χ3v) is 3.70. The van der Waals surface area contributed by atoms with E-state index >= 15 is 0 Å². The van der Waals surface area contributed by atoms with Gasteiger partial charge in [0.15, 0.2) is 0 Å². The van der Waals surface area contributed by atoms with Crippen molar-refractivity contribution in [3.63, 3.8) is 0 Å². The normalized spacial score (nSPS) is 10.6. The highest BCUT2D eigenvalue weighted by Crippen LogP contribution is 2.17. The molecule has 0 bridgehead atoms. The maximum atomic E-state index is 13.6. The van der Waals surface area contributed by atoms with Crippen molar-refractivity contribution in [1.29, 1.82) is 0 Å². The Kier molecular flexibility index (Phi) is 5.86. The molecule has 0 radical (unpaired) electrons. The molecule has 0 aliphatic heterocycles. The molecule has 7 heteroatoms. The first-order valence-corrected chi connectivity index (χ1v) is 8.28. The van der Waals surface area contributed by atoms with Gasteiger partial charge in [0.2, 0.25) is 0 Å². The average Bonchev–Trinajstić information content (AvgIpc) is 2.68. The molecule has 0 unspecified atom stereocenters. The number of aliphatic imine (C=N–C) groups is 1. The van der Waals surface area contributed by atoms with Crippen molar-refractivity contribution >= 4 is 29.5 Å². The van der Waals surface area contributed by atoms with E-state index in [1.54, 1.807) is 30.5 Å². The second-order valence-electron chi connectivity index (χ2n) is 5.72. The van der Waals surface area contributed by atoms with Crippen molar-refractivity contribution in [2.75, 3.05) is 5.32 Å². The first-order valence-electron chi connectivity index (χ1n) is 8.28. The molecule has 0 saturated carbocycles. The van der Waals surface area contributed by atoms with Gasteiger partial charge in [-0.25, -0.2) is 13.6 Å². The molecule has 0 fully saturated rings. The van der Waals surface area contributed by atoms with Gasteiger partial charge in [-0.1, -0.05) is 36.4 Å². The zero-order valence-electron chi connectivity index (χ0n) is 14.5. The molecular formula is C21H15F2N3O2. The van der Waals surface area contributed by atoms with Crippen LogP contribution in [0.15, 0.2) is 77.8 Å². The van der Waals surface area contributed by atoms with Crippen LogP contribution in [0.3, 0.4) is 0 Å². The number of halogens is 2. The molecule has 0 saturated heterocycles.